The lowest BCUT2D eigenvalue weighted by Gasteiger charge is -2.16. The van der Waals surface area contributed by atoms with Gasteiger partial charge in [0, 0.05) is 30.5 Å². The van der Waals surface area contributed by atoms with Gasteiger partial charge in [0.1, 0.15) is 0 Å². The van der Waals surface area contributed by atoms with Crippen LogP contribution in [0.5, 0.6) is 0 Å². The minimum Gasteiger partial charge on any atom is -0.376 e. The average molecular weight is 423 g/mol. The monoisotopic (exact) mass is 422 g/mol. The molecule has 1 saturated heterocycles. The van der Waals surface area contributed by atoms with Crippen molar-refractivity contribution in [3.05, 3.63) is 58.7 Å². The van der Waals surface area contributed by atoms with E-state index in [9.17, 15) is 9.59 Å². The number of amides is 2. The summed E-state index contributed by atoms with van der Waals surface area (Å²) in [5, 5.41) is 8.90. The first-order valence-electron chi connectivity index (χ1n) is 10.5. The van der Waals surface area contributed by atoms with Crippen LogP contribution >= 0.6 is 0 Å². The summed E-state index contributed by atoms with van der Waals surface area (Å²) >= 11 is 0. The van der Waals surface area contributed by atoms with Crippen LogP contribution in [-0.4, -0.2) is 37.0 Å². The zero-order valence-corrected chi connectivity index (χ0v) is 18.5. The molecule has 1 atom stereocenters. The number of guanidine groups is 1. The fourth-order valence-corrected chi connectivity index (χ4v) is 3.36. The molecule has 164 valence electrons. The molecule has 0 bridgehead atoms. The number of nitrogens with one attached hydrogen (secondary N) is 3. The van der Waals surface area contributed by atoms with Crippen molar-refractivity contribution in [2.75, 3.05) is 23.8 Å². The molecule has 0 saturated carbocycles. The van der Waals surface area contributed by atoms with E-state index in [4.69, 9.17) is 4.74 Å². The number of rotatable bonds is 5. The fraction of sp³-hybridized carbons (Fsp3) is 0.375. The van der Waals surface area contributed by atoms with Crippen molar-refractivity contribution in [3.63, 3.8) is 0 Å². The Morgan fingerprint density at radius 1 is 1.03 bits per heavy atom. The van der Waals surface area contributed by atoms with E-state index in [1.54, 1.807) is 12.1 Å². The molecule has 2 amide bonds. The van der Waals surface area contributed by atoms with Crippen LogP contribution in [0.3, 0.4) is 0 Å². The smallest absolute Gasteiger partial charge is 0.258 e. The van der Waals surface area contributed by atoms with Gasteiger partial charge < -0.3 is 15.4 Å². The third kappa shape index (κ3) is 6.39. The third-order valence-electron chi connectivity index (χ3n) is 5.17. The van der Waals surface area contributed by atoms with Crippen LogP contribution in [0.15, 0.2) is 41.4 Å². The van der Waals surface area contributed by atoms with Crippen molar-refractivity contribution in [3.8, 4) is 0 Å². The van der Waals surface area contributed by atoms with Crippen LogP contribution < -0.4 is 16.0 Å². The zero-order valence-electron chi connectivity index (χ0n) is 18.5. The summed E-state index contributed by atoms with van der Waals surface area (Å²) in [5.41, 5.74) is 4.97. The van der Waals surface area contributed by atoms with Gasteiger partial charge in [-0.3, -0.25) is 14.9 Å². The van der Waals surface area contributed by atoms with Gasteiger partial charge in [0.05, 0.1) is 12.6 Å². The maximum Gasteiger partial charge on any atom is 0.258 e. The molecule has 3 N–H and O–H groups in total. The number of nitrogens with zero attached hydrogens (tertiary/aromatic N) is 1. The lowest BCUT2D eigenvalue weighted by Crippen LogP contribution is -2.37. The Bertz CT molecular complexity index is 994. The Hall–Kier alpha value is -3.19. The van der Waals surface area contributed by atoms with Gasteiger partial charge in [-0.1, -0.05) is 18.2 Å². The van der Waals surface area contributed by atoms with Gasteiger partial charge in [-0.15, -0.1) is 0 Å². The van der Waals surface area contributed by atoms with Crippen LogP contribution in [-0.2, 0) is 9.53 Å². The summed E-state index contributed by atoms with van der Waals surface area (Å²) in [6.45, 7) is 8.56. The van der Waals surface area contributed by atoms with Crippen LogP contribution in [0, 0.1) is 20.8 Å². The molecule has 2 aromatic carbocycles. The first-order chi connectivity index (χ1) is 14.8. The Morgan fingerprint density at radius 3 is 2.42 bits per heavy atom. The predicted molar refractivity (Wildman–Crippen MR) is 124 cm³/mol. The highest BCUT2D eigenvalue weighted by molar-refractivity contribution is 6.10. The maximum atomic E-state index is 13.0. The molecule has 3 rings (SSSR count). The van der Waals surface area contributed by atoms with Crippen molar-refractivity contribution in [2.45, 2.75) is 46.6 Å². The van der Waals surface area contributed by atoms with Gasteiger partial charge in [-0.2, -0.15) is 0 Å². The first-order valence-corrected chi connectivity index (χ1v) is 10.5. The molecule has 1 aliphatic heterocycles. The highest BCUT2D eigenvalue weighted by atomic mass is 16.5. The predicted octanol–water partition coefficient (Wildman–Crippen LogP) is 3.95. The van der Waals surface area contributed by atoms with Crippen molar-refractivity contribution >= 4 is 29.1 Å². The normalized spacial score (nSPS) is 16.1. The largest absolute Gasteiger partial charge is 0.376 e. The minimum absolute atomic E-state index is 0.0676. The number of carbonyl (C=O) groups is 2. The van der Waals surface area contributed by atoms with Gasteiger partial charge in [-0.05, 0) is 68.5 Å². The number of carbonyl (C=O) groups excluding carboxylic acids is 2. The van der Waals surface area contributed by atoms with E-state index in [1.165, 1.54) is 6.92 Å². The topological polar surface area (TPSA) is 91.8 Å². The lowest BCUT2D eigenvalue weighted by atomic mass is 10.1. The standard InChI is InChI=1S/C24H30N4O3/c1-15-7-8-16(2)21(12-15)27-24(25-14-20-6-5-11-31-20)28-23(30)19-10-9-17(3)22(13-19)26-18(4)29/h7-10,12-13,20H,5-6,11,14H2,1-4H3,(H,26,29)(H2,25,27,28,30)/t20-/m0/s1. The molecule has 0 unspecified atom stereocenters. The SMILES string of the molecule is CC(=O)Nc1cc(C(=O)NC(=NC[C@@H]2CCCO2)Nc2cc(C)ccc2C)ccc1C. The van der Waals surface area contributed by atoms with Crippen LogP contribution in [0.1, 0.15) is 46.8 Å². The summed E-state index contributed by atoms with van der Waals surface area (Å²) in [7, 11) is 0. The minimum atomic E-state index is -0.310. The van der Waals surface area contributed by atoms with Crippen LogP contribution in [0.25, 0.3) is 0 Å². The number of ether oxygens (including phenoxy) is 1. The second-order valence-electron chi connectivity index (χ2n) is 7.93. The van der Waals surface area contributed by atoms with Crippen LogP contribution in [0.2, 0.25) is 0 Å². The van der Waals surface area contributed by atoms with E-state index in [-0.39, 0.29) is 17.9 Å². The second-order valence-corrected chi connectivity index (χ2v) is 7.93. The molecule has 1 fully saturated rings. The van der Waals surface area contributed by atoms with E-state index in [0.717, 1.165) is 41.8 Å². The van der Waals surface area contributed by atoms with E-state index < -0.39 is 0 Å². The van der Waals surface area contributed by atoms with Crippen LogP contribution in [0.4, 0.5) is 11.4 Å². The van der Waals surface area contributed by atoms with Gasteiger partial charge in [-0.25, -0.2) is 4.99 Å². The van der Waals surface area contributed by atoms with E-state index in [1.807, 2.05) is 45.0 Å². The highest BCUT2D eigenvalue weighted by Gasteiger charge is 2.17. The molecule has 0 aromatic heterocycles. The Morgan fingerprint density at radius 2 is 1.74 bits per heavy atom. The molecule has 0 spiro atoms. The Labute approximate surface area is 183 Å². The van der Waals surface area contributed by atoms with E-state index in [2.05, 4.69) is 20.9 Å². The van der Waals surface area contributed by atoms with E-state index in [0.29, 0.717) is 23.8 Å². The van der Waals surface area contributed by atoms with Crippen molar-refractivity contribution in [1.29, 1.82) is 0 Å². The Balaban J connectivity index is 1.81. The number of aryl methyl sites for hydroxylation is 3. The number of anilines is 2. The summed E-state index contributed by atoms with van der Waals surface area (Å²) in [5.74, 6) is -0.123. The molecule has 7 nitrogen and oxygen atoms in total. The highest BCUT2D eigenvalue weighted by Crippen LogP contribution is 2.19. The molecule has 0 radical (unpaired) electrons. The van der Waals surface area contributed by atoms with Crippen molar-refractivity contribution in [2.24, 2.45) is 4.99 Å². The molecular weight excluding hydrogens is 392 g/mol. The number of hydrogen-bond donors (Lipinski definition) is 3. The van der Waals surface area contributed by atoms with Gasteiger partial charge in [0.2, 0.25) is 11.9 Å². The molecule has 0 aliphatic carbocycles. The molecule has 1 heterocycles. The summed E-state index contributed by atoms with van der Waals surface area (Å²) in [6.07, 6.45) is 2.06. The maximum absolute atomic E-state index is 13.0. The number of hydrogen-bond acceptors (Lipinski definition) is 4. The molecule has 7 heteroatoms. The summed E-state index contributed by atoms with van der Waals surface area (Å²) in [4.78, 5) is 29.0. The Kier molecular flexibility index (Phi) is 7.41. The van der Waals surface area contributed by atoms with Gasteiger partial charge in [0.15, 0.2) is 0 Å². The van der Waals surface area contributed by atoms with Crippen molar-refractivity contribution < 1.29 is 14.3 Å². The quantitative estimate of drug-likeness (QED) is 0.503. The average Bonchev–Trinajstić information content (AvgIpc) is 3.24. The second kappa shape index (κ2) is 10.2. The first kappa shape index (κ1) is 22.5. The zero-order chi connectivity index (χ0) is 22.4. The van der Waals surface area contributed by atoms with E-state index >= 15 is 0 Å². The lowest BCUT2D eigenvalue weighted by molar-refractivity contribution is -0.114. The van der Waals surface area contributed by atoms with Gasteiger partial charge >= 0.3 is 0 Å². The molecular formula is C24H30N4O3. The molecule has 2 aromatic rings. The summed E-state index contributed by atoms with van der Waals surface area (Å²) < 4.78 is 5.66. The van der Waals surface area contributed by atoms with Gasteiger partial charge in [0.25, 0.3) is 5.91 Å². The fourth-order valence-electron chi connectivity index (χ4n) is 3.36. The number of benzene rings is 2. The number of aliphatic imine (C=N–C) groups is 1. The molecule has 1 aliphatic rings. The molecule has 31 heavy (non-hydrogen) atoms. The third-order valence-corrected chi connectivity index (χ3v) is 5.17. The summed E-state index contributed by atoms with van der Waals surface area (Å²) in [6, 6.07) is 11.3. The van der Waals surface area contributed by atoms with Crippen molar-refractivity contribution in [1.82, 2.24) is 5.32 Å².